The monoisotopic (exact) mass is 327 g/mol. The van der Waals surface area contributed by atoms with Gasteiger partial charge in [-0.05, 0) is 11.5 Å². The number of hydrogen-bond donors (Lipinski definition) is 3. The number of benzene rings is 1. The van der Waals surface area contributed by atoms with Gasteiger partial charge in [0, 0.05) is 32.0 Å². The molecule has 1 unspecified atom stereocenters. The molecule has 0 heterocycles. The summed E-state index contributed by atoms with van der Waals surface area (Å²) >= 11 is 0. The van der Waals surface area contributed by atoms with E-state index in [-0.39, 0.29) is 36.7 Å². The van der Waals surface area contributed by atoms with Crippen molar-refractivity contribution in [3.8, 4) is 0 Å². The lowest BCUT2D eigenvalue weighted by Gasteiger charge is -2.13. The number of rotatable bonds is 8. The van der Waals surface area contributed by atoms with Crippen molar-refractivity contribution in [3.63, 3.8) is 0 Å². The van der Waals surface area contributed by atoms with Crippen molar-refractivity contribution < 1.29 is 9.59 Å². The summed E-state index contributed by atoms with van der Waals surface area (Å²) in [5.74, 6) is 0.202. The lowest BCUT2D eigenvalue weighted by atomic mass is 10.1. The van der Waals surface area contributed by atoms with Gasteiger partial charge in [-0.2, -0.15) is 0 Å². The maximum atomic E-state index is 11.7. The maximum absolute atomic E-state index is 11.7. The van der Waals surface area contributed by atoms with Crippen LogP contribution in [0.3, 0.4) is 0 Å². The molecule has 1 atom stereocenters. The van der Waals surface area contributed by atoms with Crippen LogP contribution in [0.15, 0.2) is 30.3 Å². The van der Waals surface area contributed by atoms with Gasteiger partial charge in [-0.25, -0.2) is 0 Å². The molecule has 1 rings (SSSR count). The summed E-state index contributed by atoms with van der Waals surface area (Å²) in [6.45, 7) is 4.72. The minimum absolute atomic E-state index is 0. The molecule has 0 aliphatic heterocycles. The first-order chi connectivity index (χ1) is 9.99. The normalized spacial score (nSPS) is 11.5. The largest absolute Gasteiger partial charge is 0.356 e. The molecular formula is C16H26ClN3O2. The van der Waals surface area contributed by atoms with Crippen LogP contribution >= 0.6 is 12.4 Å². The quantitative estimate of drug-likeness (QED) is 0.680. The van der Waals surface area contributed by atoms with Crippen LogP contribution in [-0.2, 0) is 9.59 Å². The van der Waals surface area contributed by atoms with Crippen molar-refractivity contribution >= 4 is 24.2 Å². The van der Waals surface area contributed by atoms with Crippen LogP contribution in [0.1, 0.15) is 38.3 Å². The Morgan fingerprint density at radius 3 is 2.32 bits per heavy atom. The van der Waals surface area contributed by atoms with Gasteiger partial charge in [-0.1, -0.05) is 44.2 Å². The number of amides is 2. The second-order valence-electron chi connectivity index (χ2n) is 5.52. The molecule has 1 aromatic carbocycles. The zero-order valence-electron chi connectivity index (χ0n) is 13.2. The van der Waals surface area contributed by atoms with Gasteiger partial charge in [0.2, 0.25) is 11.8 Å². The first kappa shape index (κ1) is 20.4. The fraction of sp³-hybridized carbons (Fsp3) is 0.500. The molecule has 0 radical (unpaired) electrons. The molecule has 0 bridgehead atoms. The van der Waals surface area contributed by atoms with E-state index in [1.54, 1.807) is 0 Å². The topological polar surface area (TPSA) is 84.2 Å². The van der Waals surface area contributed by atoms with Crippen LogP contribution in [-0.4, -0.2) is 24.9 Å². The molecule has 5 nitrogen and oxygen atoms in total. The summed E-state index contributed by atoms with van der Waals surface area (Å²) < 4.78 is 0. The van der Waals surface area contributed by atoms with Gasteiger partial charge in [-0.15, -0.1) is 12.4 Å². The molecule has 0 spiro atoms. The summed E-state index contributed by atoms with van der Waals surface area (Å²) in [6.07, 6.45) is 0.756. The summed E-state index contributed by atoms with van der Waals surface area (Å²) in [5, 5.41) is 5.51. The SMILES string of the molecule is CC(C)CC(=O)NCCC(=O)NCC(N)c1ccccc1.Cl. The number of hydrogen-bond acceptors (Lipinski definition) is 3. The minimum atomic E-state index is -0.217. The van der Waals surface area contributed by atoms with E-state index >= 15 is 0 Å². The number of nitrogens with one attached hydrogen (secondary N) is 2. The lowest BCUT2D eigenvalue weighted by Crippen LogP contribution is -2.34. The van der Waals surface area contributed by atoms with Gasteiger partial charge in [0.05, 0.1) is 0 Å². The molecule has 0 aliphatic carbocycles. The summed E-state index contributed by atoms with van der Waals surface area (Å²) in [6, 6.07) is 9.41. The molecule has 2 amide bonds. The highest BCUT2D eigenvalue weighted by atomic mass is 35.5. The van der Waals surface area contributed by atoms with E-state index in [0.29, 0.717) is 25.4 Å². The molecule has 0 aromatic heterocycles. The van der Waals surface area contributed by atoms with Crippen molar-refractivity contribution in [2.24, 2.45) is 11.7 Å². The number of carbonyl (C=O) groups excluding carboxylic acids is 2. The standard InChI is InChI=1S/C16H25N3O2.ClH/c1-12(2)10-16(21)18-9-8-15(20)19-11-14(17)13-6-4-3-5-7-13;/h3-7,12,14H,8-11,17H2,1-2H3,(H,18,21)(H,19,20);1H. The van der Waals surface area contributed by atoms with Gasteiger partial charge in [0.1, 0.15) is 0 Å². The van der Waals surface area contributed by atoms with E-state index in [2.05, 4.69) is 10.6 Å². The van der Waals surface area contributed by atoms with E-state index in [1.165, 1.54) is 0 Å². The highest BCUT2D eigenvalue weighted by Crippen LogP contribution is 2.07. The predicted molar refractivity (Wildman–Crippen MR) is 90.7 cm³/mol. The Bertz CT molecular complexity index is 452. The van der Waals surface area contributed by atoms with E-state index in [4.69, 9.17) is 5.73 Å². The van der Waals surface area contributed by atoms with Crippen LogP contribution in [0.2, 0.25) is 0 Å². The van der Waals surface area contributed by atoms with E-state index < -0.39 is 0 Å². The Labute approximate surface area is 138 Å². The average Bonchev–Trinajstić information content (AvgIpc) is 2.45. The first-order valence-electron chi connectivity index (χ1n) is 7.33. The Morgan fingerprint density at radius 2 is 1.73 bits per heavy atom. The van der Waals surface area contributed by atoms with Gasteiger partial charge < -0.3 is 16.4 Å². The van der Waals surface area contributed by atoms with Gasteiger partial charge in [-0.3, -0.25) is 9.59 Å². The first-order valence-corrected chi connectivity index (χ1v) is 7.33. The smallest absolute Gasteiger partial charge is 0.221 e. The third-order valence-electron chi connectivity index (χ3n) is 3.01. The summed E-state index contributed by atoms with van der Waals surface area (Å²) in [5.41, 5.74) is 6.98. The maximum Gasteiger partial charge on any atom is 0.221 e. The second kappa shape index (κ2) is 11.0. The molecule has 4 N–H and O–H groups in total. The second-order valence-corrected chi connectivity index (χ2v) is 5.52. The zero-order chi connectivity index (χ0) is 15.7. The Morgan fingerprint density at radius 1 is 1.09 bits per heavy atom. The zero-order valence-corrected chi connectivity index (χ0v) is 14.0. The highest BCUT2D eigenvalue weighted by molar-refractivity contribution is 5.85. The third-order valence-corrected chi connectivity index (χ3v) is 3.01. The fourth-order valence-electron chi connectivity index (χ4n) is 1.89. The van der Waals surface area contributed by atoms with Gasteiger partial charge in [0.25, 0.3) is 0 Å². The van der Waals surface area contributed by atoms with Crippen molar-refractivity contribution in [3.05, 3.63) is 35.9 Å². The molecule has 0 fully saturated rings. The van der Waals surface area contributed by atoms with E-state index in [0.717, 1.165) is 5.56 Å². The van der Waals surface area contributed by atoms with Crippen LogP contribution in [0.4, 0.5) is 0 Å². The van der Waals surface area contributed by atoms with Crippen LogP contribution < -0.4 is 16.4 Å². The van der Waals surface area contributed by atoms with Crippen LogP contribution in [0, 0.1) is 5.92 Å². The van der Waals surface area contributed by atoms with Crippen molar-refractivity contribution in [1.82, 2.24) is 10.6 Å². The fourth-order valence-corrected chi connectivity index (χ4v) is 1.89. The van der Waals surface area contributed by atoms with Gasteiger partial charge >= 0.3 is 0 Å². The highest BCUT2D eigenvalue weighted by Gasteiger charge is 2.09. The summed E-state index contributed by atoms with van der Waals surface area (Å²) in [7, 11) is 0. The van der Waals surface area contributed by atoms with E-state index in [9.17, 15) is 9.59 Å². The van der Waals surface area contributed by atoms with Crippen molar-refractivity contribution in [1.29, 1.82) is 0 Å². The Kier molecular flexibility index (Phi) is 10.2. The molecule has 22 heavy (non-hydrogen) atoms. The van der Waals surface area contributed by atoms with Crippen LogP contribution in [0.5, 0.6) is 0 Å². The van der Waals surface area contributed by atoms with E-state index in [1.807, 2.05) is 44.2 Å². The number of halogens is 1. The Hall–Kier alpha value is -1.59. The lowest BCUT2D eigenvalue weighted by molar-refractivity contribution is -0.122. The molecular weight excluding hydrogens is 302 g/mol. The summed E-state index contributed by atoms with van der Waals surface area (Å²) in [4.78, 5) is 23.1. The molecule has 124 valence electrons. The predicted octanol–water partition coefficient (Wildman–Crippen LogP) is 1.78. The molecule has 1 aromatic rings. The molecule has 6 heteroatoms. The number of carbonyl (C=O) groups is 2. The minimum Gasteiger partial charge on any atom is -0.356 e. The van der Waals surface area contributed by atoms with Crippen LogP contribution in [0.25, 0.3) is 0 Å². The van der Waals surface area contributed by atoms with Crippen molar-refractivity contribution in [2.75, 3.05) is 13.1 Å². The Balaban J connectivity index is 0.00000441. The molecule has 0 aliphatic rings. The molecule has 0 saturated heterocycles. The van der Waals surface area contributed by atoms with Gasteiger partial charge in [0.15, 0.2) is 0 Å². The molecule has 0 saturated carbocycles. The third kappa shape index (κ3) is 8.64. The number of nitrogens with two attached hydrogens (primary N) is 1. The average molecular weight is 328 g/mol. The van der Waals surface area contributed by atoms with Crippen molar-refractivity contribution in [2.45, 2.75) is 32.7 Å².